The van der Waals surface area contributed by atoms with Gasteiger partial charge < -0.3 is 5.73 Å². The van der Waals surface area contributed by atoms with Crippen molar-refractivity contribution < 1.29 is 4.39 Å². The van der Waals surface area contributed by atoms with Gasteiger partial charge in [-0.05, 0) is 24.3 Å². The van der Waals surface area contributed by atoms with Crippen LogP contribution in [0.1, 0.15) is 48.6 Å². The molecule has 17 heavy (non-hydrogen) atoms. The molecule has 0 spiro atoms. The number of alkyl halides is 1. The lowest BCUT2D eigenvalue weighted by molar-refractivity contribution is 0.206. The Morgan fingerprint density at radius 2 is 2.35 bits per heavy atom. The predicted octanol–water partition coefficient (Wildman–Crippen LogP) is 3.62. The number of nitrogens with two attached hydrogens (primary N) is 1. The summed E-state index contributed by atoms with van der Waals surface area (Å²) in [6.07, 6.45) is 1.37. The number of nitrogens with zero attached hydrogens (tertiary/aromatic N) is 1. The number of anilines is 1. The molecule has 0 aromatic carbocycles. The van der Waals surface area contributed by atoms with Gasteiger partial charge in [-0.15, -0.1) is 11.3 Å². The van der Waals surface area contributed by atoms with Crippen LogP contribution in [0.4, 0.5) is 9.39 Å². The van der Waals surface area contributed by atoms with Crippen molar-refractivity contribution in [3.05, 3.63) is 16.0 Å². The summed E-state index contributed by atoms with van der Waals surface area (Å²) in [5.41, 5.74) is 7.29. The van der Waals surface area contributed by atoms with Gasteiger partial charge in [-0.3, -0.25) is 0 Å². The molecular weight excluding hydrogens is 235 g/mol. The van der Waals surface area contributed by atoms with E-state index in [4.69, 9.17) is 5.73 Å². The molecule has 0 amide bonds. The SMILES string of the molecule is CCC(C)C1c2c(sc(N)c2C#N)CCC1F. The lowest BCUT2D eigenvalue weighted by Crippen LogP contribution is -2.26. The van der Waals surface area contributed by atoms with Crippen molar-refractivity contribution in [3.8, 4) is 6.07 Å². The molecule has 2 rings (SSSR count). The minimum absolute atomic E-state index is 0.146. The van der Waals surface area contributed by atoms with Crippen LogP contribution in [0, 0.1) is 17.2 Å². The van der Waals surface area contributed by atoms with E-state index in [1.807, 2.05) is 0 Å². The maximum absolute atomic E-state index is 14.1. The summed E-state index contributed by atoms with van der Waals surface area (Å²) >= 11 is 1.46. The average molecular weight is 252 g/mol. The fourth-order valence-electron chi connectivity index (χ4n) is 2.69. The van der Waals surface area contributed by atoms with E-state index in [0.717, 1.165) is 23.3 Å². The van der Waals surface area contributed by atoms with E-state index in [-0.39, 0.29) is 11.8 Å². The molecule has 0 bridgehead atoms. The summed E-state index contributed by atoms with van der Waals surface area (Å²) in [6, 6.07) is 2.15. The molecule has 1 aromatic rings. The van der Waals surface area contributed by atoms with Crippen LogP contribution in [0.25, 0.3) is 0 Å². The number of aryl methyl sites for hydroxylation is 1. The van der Waals surface area contributed by atoms with Crippen molar-refractivity contribution in [2.24, 2.45) is 5.92 Å². The predicted molar refractivity (Wildman–Crippen MR) is 68.9 cm³/mol. The molecule has 92 valence electrons. The molecule has 0 aliphatic heterocycles. The summed E-state index contributed by atoms with van der Waals surface area (Å²) < 4.78 is 14.1. The highest BCUT2D eigenvalue weighted by Crippen LogP contribution is 2.46. The van der Waals surface area contributed by atoms with Gasteiger partial charge in [0, 0.05) is 10.8 Å². The first kappa shape index (κ1) is 12.4. The van der Waals surface area contributed by atoms with Gasteiger partial charge in [0.05, 0.1) is 5.56 Å². The highest BCUT2D eigenvalue weighted by Gasteiger charge is 2.37. The van der Waals surface area contributed by atoms with Gasteiger partial charge in [0.2, 0.25) is 0 Å². The van der Waals surface area contributed by atoms with Crippen molar-refractivity contribution in [1.82, 2.24) is 0 Å². The molecule has 0 saturated heterocycles. The lowest BCUT2D eigenvalue weighted by Gasteiger charge is -2.31. The summed E-state index contributed by atoms with van der Waals surface area (Å²) in [5.74, 6) is 0.108. The van der Waals surface area contributed by atoms with Gasteiger partial charge in [-0.2, -0.15) is 5.26 Å². The van der Waals surface area contributed by atoms with E-state index in [2.05, 4.69) is 19.9 Å². The second-order valence-electron chi connectivity index (χ2n) is 4.76. The lowest BCUT2D eigenvalue weighted by atomic mass is 9.76. The van der Waals surface area contributed by atoms with Crippen molar-refractivity contribution in [2.75, 3.05) is 5.73 Å². The minimum atomic E-state index is -0.835. The molecule has 0 radical (unpaired) electrons. The smallest absolute Gasteiger partial charge is 0.108 e. The van der Waals surface area contributed by atoms with Crippen LogP contribution in [0.5, 0.6) is 0 Å². The van der Waals surface area contributed by atoms with Crippen LogP contribution in [-0.2, 0) is 6.42 Å². The van der Waals surface area contributed by atoms with Gasteiger partial charge in [0.1, 0.15) is 17.2 Å². The number of hydrogen-bond acceptors (Lipinski definition) is 3. The molecule has 0 fully saturated rings. The first-order chi connectivity index (χ1) is 8.10. The van der Waals surface area contributed by atoms with Crippen LogP contribution in [-0.4, -0.2) is 6.17 Å². The van der Waals surface area contributed by atoms with E-state index in [1.54, 1.807) is 0 Å². The summed E-state index contributed by atoms with van der Waals surface area (Å²) in [7, 11) is 0. The average Bonchev–Trinajstić information content (AvgIpc) is 2.63. The first-order valence-corrected chi connectivity index (χ1v) is 6.87. The topological polar surface area (TPSA) is 49.8 Å². The van der Waals surface area contributed by atoms with E-state index < -0.39 is 6.17 Å². The fraction of sp³-hybridized carbons (Fsp3) is 0.615. The maximum Gasteiger partial charge on any atom is 0.108 e. The normalized spacial score (nSPS) is 25.1. The number of hydrogen-bond donors (Lipinski definition) is 1. The molecule has 2 N–H and O–H groups in total. The van der Waals surface area contributed by atoms with Gasteiger partial charge >= 0.3 is 0 Å². The largest absolute Gasteiger partial charge is 0.389 e. The van der Waals surface area contributed by atoms with E-state index in [1.165, 1.54) is 11.3 Å². The Hall–Kier alpha value is -1.08. The zero-order chi connectivity index (χ0) is 12.6. The van der Waals surface area contributed by atoms with E-state index in [0.29, 0.717) is 17.0 Å². The zero-order valence-corrected chi connectivity index (χ0v) is 11.0. The molecule has 4 heteroatoms. The highest BCUT2D eigenvalue weighted by atomic mass is 32.1. The molecule has 2 nitrogen and oxygen atoms in total. The molecule has 1 heterocycles. The van der Waals surface area contributed by atoms with Crippen LogP contribution >= 0.6 is 11.3 Å². The number of halogens is 1. The summed E-state index contributed by atoms with van der Waals surface area (Å²) in [5, 5.41) is 9.73. The first-order valence-electron chi connectivity index (χ1n) is 6.05. The molecule has 3 unspecified atom stereocenters. The molecule has 1 aromatic heterocycles. The Morgan fingerprint density at radius 3 is 2.94 bits per heavy atom. The number of nitrogen functional groups attached to an aromatic ring is 1. The van der Waals surface area contributed by atoms with Gasteiger partial charge in [-0.25, -0.2) is 4.39 Å². The summed E-state index contributed by atoms with van der Waals surface area (Å²) in [6.45, 7) is 4.12. The van der Waals surface area contributed by atoms with Crippen LogP contribution in [0.2, 0.25) is 0 Å². The van der Waals surface area contributed by atoms with Gasteiger partial charge in [0.15, 0.2) is 0 Å². The number of nitriles is 1. The third-order valence-corrected chi connectivity index (χ3v) is 4.88. The van der Waals surface area contributed by atoms with E-state index >= 15 is 0 Å². The third-order valence-electron chi connectivity index (χ3n) is 3.79. The number of fused-ring (bicyclic) bond motifs is 1. The third kappa shape index (κ3) is 1.93. The second kappa shape index (κ2) is 4.66. The second-order valence-corrected chi connectivity index (χ2v) is 5.89. The Balaban J connectivity index is 2.54. The Bertz CT molecular complexity index is 461. The van der Waals surface area contributed by atoms with Crippen molar-refractivity contribution in [3.63, 3.8) is 0 Å². The van der Waals surface area contributed by atoms with Crippen molar-refractivity contribution >= 4 is 16.3 Å². The molecule has 0 saturated carbocycles. The van der Waals surface area contributed by atoms with Crippen LogP contribution in [0.3, 0.4) is 0 Å². The quantitative estimate of drug-likeness (QED) is 0.874. The molecule has 3 atom stereocenters. The standard InChI is InChI=1S/C13H17FN2S/c1-3-7(2)11-9(14)4-5-10-12(11)8(6-15)13(16)17-10/h7,9,11H,3-5,16H2,1-2H3. The minimum Gasteiger partial charge on any atom is -0.389 e. The fourth-order valence-corrected chi connectivity index (χ4v) is 3.78. The molecule has 1 aliphatic carbocycles. The molecular formula is C13H17FN2S. The Kier molecular flexibility index (Phi) is 3.39. The van der Waals surface area contributed by atoms with Crippen molar-refractivity contribution in [1.29, 1.82) is 5.26 Å². The van der Waals surface area contributed by atoms with Gasteiger partial charge in [0.25, 0.3) is 0 Å². The summed E-state index contributed by atoms with van der Waals surface area (Å²) in [4.78, 5) is 1.12. The van der Waals surface area contributed by atoms with Crippen molar-refractivity contribution in [2.45, 2.75) is 45.2 Å². The Labute approximate surface area is 105 Å². The van der Waals surface area contributed by atoms with Gasteiger partial charge in [-0.1, -0.05) is 20.3 Å². The monoisotopic (exact) mass is 252 g/mol. The zero-order valence-electron chi connectivity index (χ0n) is 10.2. The molecule has 1 aliphatic rings. The van der Waals surface area contributed by atoms with E-state index in [9.17, 15) is 9.65 Å². The number of rotatable bonds is 2. The number of thiophene rings is 1. The Morgan fingerprint density at radius 1 is 1.65 bits per heavy atom. The maximum atomic E-state index is 14.1. The van der Waals surface area contributed by atoms with Crippen LogP contribution < -0.4 is 5.73 Å². The highest BCUT2D eigenvalue weighted by molar-refractivity contribution is 7.16. The van der Waals surface area contributed by atoms with Crippen LogP contribution in [0.15, 0.2) is 0 Å².